The number of hydrogen-bond donors (Lipinski definition) is 1. The molecule has 0 fully saturated rings. The Labute approximate surface area is 93.1 Å². The molecule has 15 heavy (non-hydrogen) atoms. The van der Waals surface area contributed by atoms with Gasteiger partial charge in [-0.1, -0.05) is 6.07 Å². The molecule has 1 aromatic carbocycles. The zero-order valence-corrected chi connectivity index (χ0v) is 9.29. The molecule has 5 heteroatoms. The van der Waals surface area contributed by atoms with Crippen LogP contribution in [0.2, 0.25) is 0 Å². The van der Waals surface area contributed by atoms with Crippen LogP contribution in [-0.2, 0) is 22.2 Å². The van der Waals surface area contributed by atoms with Crippen molar-refractivity contribution in [3.8, 4) is 5.75 Å². The molecule has 0 unspecified atom stereocenters. The zero-order chi connectivity index (χ0) is 10.7. The van der Waals surface area contributed by atoms with Gasteiger partial charge in [-0.2, -0.15) is 0 Å². The Bertz CT molecular complexity index is 345. The van der Waals surface area contributed by atoms with Crippen LogP contribution in [0.25, 0.3) is 0 Å². The summed E-state index contributed by atoms with van der Waals surface area (Å²) in [7, 11) is 1.49. The molecule has 0 spiro atoms. The average Bonchev–Trinajstić information content (AvgIpc) is 2.26. The van der Waals surface area contributed by atoms with Crippen molar-refractivity contribution in [1.29, 1.82) is 0 Å². The Morgan fingerprint density at radius 1 is 1.40 bits per heavy atom. The molecule has 1 heterocycles. The van der Waals surface area contributed by atoms with Gasteiger partial charge in [-0.25, -0.2) is 9.19 Å². The van der Waals surface area contributed by atoms with Crippen molar-refractivity contribution in [2.24, 2.45) is 0 Å². The second-order valence-corrected chi connectivity index (χ2v) is 4.18. The van der Waals surface area contributed by atoms with E-state index in [0.717, 1.165) is 19.5 Å². The third-order valence-electron chi connectivity index (χ3n) is 2.37. The monoisotopic (exact) mass is 227 g/mol. The molecule has 0 saturated carbocycles. The molecule has 1 N–H and O–H groups in total. The minimum Gasteiger partial charge on any atom is -0.508 e. The lowest BCUT2D eigenvalue weighted by atomic mass is 10.0. The Kier molecular flexibility index (Phi) is 3.48. The van der Waals surface area contributed by atoms with E-state index in [9.17, 15) is 5.11 Å². The first-order valence-electron chi connectivity index (χ1n) is 4.73. The highest BCUT2D eigenvalue weighted by Gasteiger charge is 2.17. The third-order valence-corrected chi connectivity index (χ3v) is 3.09. The van der Waals surface area contributed by atoms with E-state index in [0.29, 0.717) is 5.75 Å². The molecule has 1 aliphatic heterocycles. The summed E-state index contributed by atoms with van der Waals surface area (Å²) in [6.07, 6.45) is 0.920. The quantitative estimate of drug-likeness (QED) is 0.369. The molecule has 1 aliphatic rings. The van der Waals surface area contributed by atoms with Gasteiger partial charge in [0.1, 0.15) is 18.0 Å². The van der Waals surface area contributed by atoms with Crippen molar-refractivity contribution in [2.45, 2.75) is 13.0 Å². The van der Waals surface area contributed by atoms with E-state index in [1.54, 1.807) is 6.07 Å². The largest absolute Gasteiger partial charge is 0.508 e. The van der Waals surface area contributed by atoms with Gasteiger partial charge in [0.05, 0.1) is 7.11 Å². The fourth-order valence-corrected chi connectivity index (χ4v) is 2.16. The molecule has 1 aromatic rings. The van der Waals surface area contributed by atoms with Crippen molar-refractivity contribution in [3.05, 3.63) is 29.3 Å². The average molecular weight is 227 g/mol. The molecule has 4 nitrogen and oxygen atoms in total. The van der Waals surface area contributed by atoms with Crippen LogP contribution in [0, 0.1) is 0 Å². The van der Waals surface area contributed by atoms with Gasteiger partial charge in [-0.05, 0) is 29.7 Å². The van der Waals surface area contributed by atoms with Gasteiger partial charge in [-0.15, -0.1) is 4.33 Å². The molecule has 2 rings (SSSR count). The maximum absolute atomic E-state index is 9.33. The van der Waals surface area contributed by atoms with Crippen molar-refractivity contribution in [1.82, 2.24) is 4.31 Å². The molecule has 0 saturated heterocycles. The molecule has 0 aliphatic carbocycles. The van der Waals surface area contributed by atoms with Crippen LogP contribution in [0.3, 0.4) is 0 Å². The summed E-state index contributed by atoms with van der Waals surface area (Å²) < 4.78 is 6.88. The van der Waals surface area contributed by atoms with Crippen molar-refractivity contribution in [2.75, 3.05) is 13.7 Å². The van der Waals surface area contributed by atoms with Gasteiger partial charge < -0.3 is 5.11 Å². The lowest BCUT2D eigenvalue weighted by molar-refractivity contribution is -0.163. The van der Waals surface area contributed by atoms with E-state index < -0.39 is 0 Å². The Hall–Kier alpha value is -0.750. The molecule has 82 valence electrons. The van der Waals surface area contributed by atoms with E-state index in [2.05, 4.69) is 9.19 Å². The molecule has 0 amide bonds. The number of fused-ring (bicyclic) bond motifs is 1. The second kappa shape index (κ2) is 4.85. The smallest absolute Gasteiger partial charge is 0.121 e. The summed E-state index contributed by atoms with van der Waals surface area (Å²) in [6, 6.07) is 5.49. The number of benzene rings is 1. The number of phenolic OH excluding ortho intramolecular Hbond substituents is 1. The number of aromatic hydroxyl groups is 1. The molecule has 0 aromatic heterocycles. The van der Waals surface area contributed by atoms with Gasteiger partial charge in [0.15, 0.2) is 0 Å². The molecular formula is C10H13NO3S. The van der Waals surface area contributed by atoms with Crippen molar-refractivity contribution in [3.63, 3.8) is 0 Å². The fraction of sp³-hybridized carbons (Fsp3) is 0.400. The molecule has 0 atom stereocenters. The second-order valence-electron chi connectivity index (χ2n) is 3.38. The van der Waals surface area contributed by atoms with Crippen LogP contribution in [0.4, 0.5) is 0 Å². The van der Waals surface area contributed by atoms with Gasteiger partial charge in [-0.3, -0.25) is 0 Å². The lowest BCUT2D eigenvalue weighted by Crippen LogP contribution is -2.24. The highest BCUT2D eigenvalue weighted by atomic mass is 32.2. The van der Waals surface area contributed by atoms with Gasteiger partial charge in [0.2, 0.25) is 0 Å². The highest BCUT2D eigenvalue weighted by molar-refractivity contribution is 7.92. The van der Waals surface area contributed by atoms with E-state index in [-0.39, 0.29) is 0 Å². The SMILES string of the molecule is COOSN1CCc2cc(O)ccc2C1. The number of phenols is 1. The third kappa shape index (κ3) is 2.63. The summed E-state index contributed by atoms with van der Waals surface area (Å²) in [4.78, 5) is 4.53. The minimum absolute atomic E-state index is 0.336. The molecule has 0 bridgehead atoms. The fourth-order valence-electron chi connectivity index (χ4n) is 1.65. The van der Waals surface area contributed by atoms with Crippen LogP contribution in [0.15, 0.2) is 18.2 Å². The van der Waals surface area contributed by atoms with Gasteiger partial charge in [0, 0.05) is 13.1 Å². The van der Waals surface area contributed by atoms with Crippen molar-refractivity contribution >= 4 is 12.2 Å². The first kappa shape index (κ1) is 10.8. The number of nitrogens with zero attached hydrogens (tertiary/aromatic N) is 1. The summed E-state index contributed by atoms with van der Waals surface area (Å²) >= 11 is 1.21. The van der Waals surface area contributed by atoms with Crippen molar-refractivity contribution < 1.29 is 14.3 Å². The first-order chi connectivity index (χ1) is 7.29. The summed E-state index contributed by atoms with van der Waals surface area (Å²) in [6.45, 7) is 1.70. The maximum atomic E-state index is 9.33. The summed E-state index contributed by atoms with van der Waals surface area (Å²) in [5.41, 5.74) is 2.44. The summed E-state index contributed by atoms with van der Waals surface area (Å²) in [5, 5.41) is 9.33. The zero-order valence-electron chi connectivity index (χ0n) is 8.47. The van der Waals surface area contributed by atoms with Crippen LogP contribution >= 0.6 is 12.2 Å². The highest BCUT2D eigenvalue weighted by Crippen LogP contribution is 2.26. The Morgan fingerprint density at radius 3 is 3.07 bits per heavy atom. The van der Waals surface area contributed by atoms with E-state index >= 15 is 0 Å². The summed E-state index contributed by atoms with van der Waals surface area (Å²) in [5.74, 6) is 0.336. The van der Waals surface area contributed by atoms with Crippen LogP contribution in [0.5, 0.6) is 5.75 Å². The lowest BCUT2D eigenvalue weighted by Gasteiger charge is -2.25. The standard InChI is InChI=1S/C10H13NO3S/c1-13-14-15-11-5-4-8-6-10(12)3-2-9(8)7-11/h2-3,6,12H,4-5,7H2,1H3. The maximum Gasteiger partial charge on any atom is 0.121 e. The topological polar surface area (TPSA) is 41.9 Å². The van der Waals surface area contributed by atoms with Gasteiger partial charge in [0.25, 0.3) is 0 Å². The predicted molar refractivity (Wildman–Crippen MR) is 57.9 cm³/mol. The number of hydrogen-bond acceptors (Lipinski definition) is 5. The van der Waals surface area contributed by atoms with E-state index in [1.807, 2.05) is 12.1 Å². The molecule has 0 radical (unpaired) electrons. The van der Waals surface area contributed by atoms with Crippen LogP contribution in [-0.4, -0.2) is 23.1 Å². The Balaban J connectivity index is 2.03. The number of rotatable bonds is 3. The first-order valence-corrected chi connectivity index (χ1v) is 5.42. The Morgan fingerprint density at radius 2 is 2.27 bits per heavy atom. The minimum atomic E-state index is 0.336. The van der Waals surface area contributed by atoms with Crippen LogP contribution in [0.1, 0.15) is 11.1 Å². The van der Waals surface area contributed by atoms with Gasteiger partial charge >= 0.3 is 0 Å². The van der Waals surface area contributed by atoms with Crippen LogP contribution < -0.4 is 0 Å². The predicted octanol–water partition coefficient (Wildman–Crippen LogP) is 1.89. The molecular weight excluding hydrogens is 214 g/mol. The van der Waals surface area contributed by atoms with E-state index in [4.69, 9.17) is 4.33 Å². The van der Waals surface area contributed by atoms with E-state index in [1.165, 1.54) is 30.5 Å². The normalized spacial score (nSPS) is 16.3.